The molecule has 1 aromatic heterocycles. The van der Waals surface area contributed by atoms with Crippen molar-refractivity contribution in [3.63, 3.8) is 0 Å². The van der Waals surface area contributed by atoms with Crippen LogP contribution in [0.3, 0.4) is 0 Å². The van der Waals surface area contributed by atoms with E-state index >= 15 is 0 Å². The van der Waals surface area contributed by atoms with Gasteiger partial charge in [0.2, 0.25) is 0 Å². The quantitative estimate of drug-likeness (QED) is 0.654. The summed E-state index contributed by atoms with van der Waals surface area (Å²) in [6, 6.07) is 6.48. The average Bonchev–Trinajstić information content (AvgIpc) is 2.77. The number of rotatable bonds is 5. The zero-order valence-electron chi connectivity index (χ0n) is 11.2. The Balaban J connectivity index is 2.04. The summed E-state index contributed by atoms with van der Waals surface area (Å²) >= 11 is 6.04. The lowest BCUT2D eigenvalue weighted by Crippen LogP contribution is -2.18. The van der Waals surface area contributed by atoms with Crippen LogP contribution >= 0.6 is 11.6 Å². The summed E-state index contributed by atoms with van der Waals surface area (Å²) in [5, 5.41) is 21.3. The lowest BCUT2D eigenvalue weighted by atomic mass is 10.1. The number of aryl methyl sites for hydroxylation is 1. The molecule has 20 heavy (non-hydrogen) atoms. The Labute approximate surface area is 121 Å². The second-order valence-electron chi connectivity index (χ2n) is 4.71. The third kappa shape index (κ3) is 3.48. The molecule has 0 fully saturated rings. The molecule has 0 radical (unpaired) electrons. The number of nitro groups is 1. The van der Waals surface area contributed by atoms with E-state index < -0.39 is 4.92 Å². The highest BCUT2D eigenvalue weighted by molar-refractivity contribution is 6.33. The van der Waals surface area contributed by atoms with Crippen LogP contribution in [0.2, 0.25) is 5.02 Å². The minimum absolute atomic E-state index is 0.0175. The van der Waals surface area contributed by atoms with Gasteiger partial charge in [0.05, 0.1) is 21.3 Å². The maximum atomic E-state index is 10.6. The van der Waals surface area contributed by atoms with Crippen molar-refractivity contribution < 1.29 is 4.92 Å². The number of halogens is 1. The molecule has 0 spiro atoms. The first-order valence-electron chi connectivity index (χ1n) is 6.17. The summed E-state index contributed by atoms with van der Waals surface area (Å²) in [5.74, 6) is 0. The highest BCUT2D eigenvalue weighted by Crippen LogP contribution is 2.27. The van der Waals surface area contributed by atoms with Crippen LogP contribution in [0.5, 0.6) is 0 Å². The van der Waals surface area contributed by atoms with E-state index in [-0.39, 0.29) is 11.7 Å². The lowest BCUT2D eigenvalue weighted by Gasteiger charge is -2.15. The van der Waals surface area contributed by atoms with Crippen molar-refractivity contribution in [2.75, 3.05) is 5.32 Å². The SMILES string of the molecule is Cc1cc(CC(C)Nc2ccc([N+](=O)[O-])cc2Cl)n[nH]1. The molecule has 0 amide bonds. The number of nitrogens with one attached hydrogen (secondary N) is 2. The molecule has 0 saturated heterocycles. The smallest absolute Gasteiger partial charge is 0.271 e. The van der Waals surface area contributed by atoms with Crippen molar-refractivity contribution in [1.82, 2.24) is 10.2 Å². The number of non-ortho nitro benzene ring substituents is 1. The van der Waals surface area contributed by atoms with E-state index in [2.05, 4.69) is 15.5 Å². The number of hydrogen-bond donors (Lipinski definition) is 2. The zero-order chi connectivity index (χ0) is 14.7. The Bertz CT molecular complexity index is 627. The summed E-state index contributed by atoms with van der Waals surface area (Å²) in [4.78, 5) is 10.2. The summed E-state index contributed by atoms with van der Waals surface area (Å²) in [7, 11) is 0. The van der Waals surface area contributed by atoms with E-state index in [0.717, 1.165) is 17.8 Å². The molecule has 1 atom stereocenters. The molecule has 0 saturated carbocycles. The third-order valence-electron chi connectivity index (χ3n) is 2.84. The van der Waals surface area contributed by atoms with E-state index in [1.54, 1.807) is 6.07 Å². The number of hydrogen-bond acceptors (Lipinski definition) is 4. The molecule has 7 heteroatoms. The first-order valence-corrected chi connectivity index (χ1v) is 6.55. The van der Waals surface area contributed by atoms with Crippen molar-refractivity contribution in [3.05, 3.63) is 50.8 Å². The van der Waals surface area contributed by atoms with Gasteiger partial charge in [-0.3, -0.25) is 15.2 Å². The van der Waals surface area contributed by atoms with E-state index in [9.17, 15) is 10.1 Å². The Morgan fingerprint density at radius 1 is 1.50 bits per heavy atom. The minimum Gasteiger partial charge on any atom is -0.381 e. The number of H-pyrrole nitrogens is 1. The van der Waals surface area contributed by atoms with Crippen LogP contribution in [-0.2, 0) is 6.42 Å². The molecule has 0 bridgehead atoms. The fraction of sp³-hybridized carbons (Fsp3) is 0.308. The minimum atomic E-state index is -0.467. The number of nitrogens with zero attached hydrogens (tertiary/aromatic N) is 2. The molecule has 2 aromatic rings. The summed E-state index contributed by atoms with van der Waals surface area (Å²) < 4.78 is 0. The normalized spacial score (nSPS) is 12.2. The van der Waals surface area contributed by atoms with Crippen molar-refractivity contribution in [3.8, 4) is 0 Å². The molecule has 106 valence electrons. The van der Waals surface area contributed by atoms with E-state index in [0.29, 0.717) is 10.7 Å². The molecule has 1 aromatic carbocycles. The fourth-order valence-corrected chi connectivity index (χ4v) is 2.17. The molecule has 1 unspecified atom stereocenters. The van der Waals surface area contributed by atoms with Gasteiger partial charge in [-0.05, 0) is 26.0 Å². The molecule has 1 heterocycles. The van der Waals surface area contributed by atoms with Crippen molar-refractivity contribution in [2.24, 2.45) is 0 Å². The molecular formula is C13H15ClN4O2. The largest absolute Gasteiger partial charge is 0.381 e. The maximum Gasteiger partial charge on any atom is 0.271 e. The van der Waals surface area contributed by atoms with Gasteiger partial charge in [-0.15, -0.1) is 0 Å². The second kappa shape index (κ2) is 5.92. The van der Waals surface area contributed by atoms with Gasteiger partial charge in [-0.2, -0.15) is 5.10 Å². The maximum absolute atomic E-state index is 10.6. The van der Waals surface area contributed by atoms with Gasteiger partial charge in [-0.25, -0.2) is 0 Å². The van der Waals surface area contributed by atoms with Crippen molar-refractivity contribution in [1.29, 1.82) is 0 Å². The predicted molar refractivity (Wildman–Crippen MR) is 78.2 cm³/mol. The van der Waals surface area contributed by atoms with Gasteiger partial charge in [-0.1, -0.05) is 11.6 Å². The third-order valence-corrected chi connectivity index (χ3v) is 3.15. The van der Waals surface area contributed by atoms with Gasteiger partial charge in [0, 0.05) is 30.3 Å². The molecule has 0 aliphatic heterocycles. The molecule has 2 N–H and O–H groups in total. The van der Waals surface area contributed by atoms with Crippen LogP contribution in [0, 0.1) is 17.0 Å². The molecule has 6 nitrogen and oxygen atoms in total. The Kier molecular flexibility index (Phi) is 4.24. The standard InChI is InChI=1S/C13H15ClN4O2/c1-8(5-10-6-9(2)16-17-10)15-13-4-3-11(18(19)20)7-12(13)14/h3-4,6-8,15H,5H2,1-2H3,(H,16,17). The first kappa shape index (κ1) is 14.3. The summed E-state index contributed by atoms with van der Waals surface area (Å²) in [6.45, 7) is 3.95. The van der Waals surface area contributed by atoms with Crippen LogP contribution in [0.15, 0.2) is 24.3 Å². The van der Waals surface area contributed by atoms with E-state index in [1.807, 2.05) is 19.9 Å². The number of aromatic nitrogens is 2. The zero-order valence-corrected chi connectivity index (χ0v) is 11.9. The molecular weight excluding hydrogens is 280 g/mol. The molecule has 0 aliphatic carbocycles. The van der Waals surface area contributed by atoms with E-state index in [1.165, 1.54) is 12.1 Å². The topological polar surface area (TPSA) is 83.8 Å². The highest BCUT2D eigenvalue weighted by atomic mass is 35.5. The summed E-state index contributed by atoms with van der Waals surface area (Å²) in [6.07, 6.45) is 0.734. The fourth-order valence-electron chi connectivity index (χ4n) is 1.94. The Morgan fingerprint density at radius 2 is 2.25 bits per heavy atom. The molecule has 0 aliphatic rings. The van der Waals surface area contributed by atoms with Gasteiger partial charge in [0.25, 0.3) is 5.69 Å². The van der Waals surface area contributed by atoms with E-state index in [4.69, 9.17) is 11.6 Å². The monoisotopic (exact) mass is 294 g/mol. The highest BCUT2D eigenvalue weighted by Gasteiger charge is 2.12. The van der Waals surface area contributed by atoms with Gasteiger partial charge in [0.15, 0.2) is 0 Å². The van der Waals surface area contributed by atoms with Gasteiger partial charge >= 0.3 is 0 Å². The molecule has 2 rings (SSSR count). The Morgan fingerprint density at radius 3 is 2.80 bits per heavy atom. The van der Waals surface area contributed by atoms with Crippen LogP contribution < -0.4 is 5.32 Å². The number of nitro benzene ring substituents is 1. The number of anilines is 1. The van der Waals surface area contributed by atoms with Crippen molar-refractivity contribution >= 4 is 23.0 Å². The van der Waals surface area contributed by atoms with Gasteiger partial charge in [0.1, 0.15) is 0 Å². The number of benzene rings is 1. The second-order valence-corrected chi connectivity index (χ2v) is 5.12. The van der Waals surface area contributed by atoms with Gasteiger partial charge < -0.3 is 5.32 Å². The van der Waals surface area contributed by atoms with Crippen LogP contribution in [0.1, 0.15) is 18.3 Å². The lowest BCUT2D eigenvalue weighted by molar-refractivity contribution is -0.384. The predicted octanol–water partition coefficient (Wildman–Crippen LogP) is 3.32. The average molecular weight is 295 g/mol. The summed E-state index contributed by atoms with van der Waals surface area (Å²) in [5.41, 5.74) is 2.63. The Hall–Kier alpha value is -2.08. The van der Waals surface area contributed by atoms with Crippen LogP contribution in [-0.4, -0.2) is 21.2 Å². The van der Waals surface area contributed by atoms with Crippen molar-refractivity contribution in [2.45, 2.75) is 26.3 Å². The van der Waals surface area contributed by atoms with Crippen LogP contribution in [0.4, 0.5) is 11.4 Å². The van der Waals surface area contributed by atoms with Crippen LogP contribution in [0.25, 0.3) is 0 Å². The first-order chi connectivity index (χ1) is 9.45. The number of aromatic amines is 1.